The Hall–Kier alpha value is -3.35. The van der Waals surface area contributed by atoms with Gasteiger partial charge >= 0.3 is 5.97 Å². The van der Waals surface area contributed by atoms with Crippen LogP contribution in [0.25, 0.3) is 0 Å². The van der Waals surface area contributed by atoms with E-state index in [4.69, 9.17) is 4.74 Å². The normalized spacial score (nSPS) is 21.6. The quantitative estimate of drug-likeness (QED) is 0.795. The molecule has 2 atom stereocenters. The van der Waals surface area contributed by atoms with Crippen LogP contribution < -0.4 is 15.1 Å². The van der Waals surface area contributed by atoms with Gasteiger partial charge in [0.1, 0.15) is 6.04 Å². The van der Waals surface area contributed by atoms with Gasteiger partial charge in [-0.1, -0.05) is 18.2 Å². The molecule has 0 aromatic heterocycles. The number of esters is 1. The third-order valence-electron chi connectivity index (χ3n) is 6.16. The molecule has 0 radical (unpaired) electrons. The molecular weight excluding hydrogens is 382 g/mol. The molecule has 1 fully saturated rings. The maximum Gasteiger partial charge on any atom is 0.338 e. The maximum atomic E-state index is 12.7. The van der Waals surface area contributed by atoms with Gasteiger partial charge in [0.2, 0.25) is 5.91 Å². The van der Waals surface area contributed by atoms with Crippen LogP contribution >= 0.6 is 0 Å². The van der Waals surface area contributed by atoms with E-state index in [1.165, 1.54) is 0 Å². The second kappa shape index (κ2) is 7.16. The fraction of sp³-hybridized carbons (Fsp3) is 0.348. The van der Waals surface area contributed by atoms with Crippen molar-refractivity contribution in [3.8, 4) is 0 Å². The predicted molar refractivity (Wildman–Crippen MR) is 113 cm³/mol. The molecule has 3 aliphatic heterocycles. The van der Waals surface area contributed by atoms with Crippen molar-refractivity contribution in [1.82, 2.24) is 0 Å². The topological polar surface area (TPSA) is 79.0 Å². The number of hydrogen-bond donors (Lipinski definition) is 1. The first-order chi connectivity index (χ1) is 14.5. The molecule has 7 nitrogen and oxygen atoms in total. The van der Waals surface area contributed by atoms with Gasteiger partial charge in [0.05, 0.1) is 16.9 Å². The minimum Gasteiger partial charge on any atom is -0.452 e. The first kappa shape index (κ1) is 18.7. The highest BCUT2D eigenvalue weighted by atomic mass is 16.5. The van der Waals surface area contributed by atoms with Crippen LogP contribution in [0.1, 0.15) is 35.7 Å². The summed E-state index contributed by atoms with van der Waals surface area (Å²) >= 11 is 0. The summed E-state index contributed by atoms with van der Waals surface area (Å²) in [6.07, 6.45) is 2.61. The lowest BCUT2D eigenvalue weighted by Gasteiger charge is -2.33. The van der Waals surface area contributed by atoms with Crippen LogP contribution in [0, 0.1) is 0 Å². The fourth-order valence-corrected chi connectivity index (χ4v) is 4.78. The number of fused-ring (bicyclic) bond motifs is 4. The summed E-state index contributed by atoms with van der Waals surface area (Å²) in [5, 5.41) is 2.89. The Kier molecular flexibility index (Phi) is 4.46. The van der Waals surface area contributed by atoms with Gasteiger partial charge in [0.15, 0.2) is 6.61 Å². The van der Waals surface area contributed by atoms with Crippen molar-refractivity contribution in [3.63, 3.8) is 0 Å². The number of carbonyl (C=O) groups is 3. The van der Waals surface area contributed by atoms with Crippen LogP contribution in [-0.4, -0.2) is 43.0 Å². The predicted octanol–water partition coefficient (Wildman–Crippen LogP) is 2.74. The number of anilines is 3. The second-order valence-corrected chi connectivity index (χ2v) is 8.09. The highest BCUT2D eigenvalue weighted by Gasteiger charge is 2.36. The number of para-hydroxylation sites is 1. The highest BCUT2D eigenvalue weighted by molar-refractivity contribution is 6.06. The Bertz CT molecular complexity index is 1050. The third-order valence-corrected chi connectivity index (χ3v) is 6.16. The lowest BCUT2D eigenvalue weighted by Crippen LogP contribution is -2.43. The van der Waals surface area contributed by atoms with E-state index in [1.807, 2.05) is 37.3 Å². The zero-order valence-corrected chi connectivity index (χ0v) is 16.8. The Morgan fingerprint density at radius 3 is 2.87 bits per heavy atom. The number of benzene rings is 2. The summed E-state index contributed by atoms with van der Waals surface area (Å²) in [6.45, 7) is 2.49. The number of amides is 2. The summed E-state index contributed by atoms with van der Waals surface area (Å²) in [6, 6.07) is 12.8. The molecule has 3 heterocycles. The number of ether oxygens (including phenoxy) is 1. The van der Waals surface area contributed by atoms with Gasteiger partial charge < -0.3 is 19.9 Å². The van der Waals surface area contributed by atoms with Crippen LogP contribution in [0.4, 0.5) is 17.1 Å². The maximum absolute atomic E-state index is 12.7. The monoisotopic (exact) mass is 405 g/mol. The average Bonchev–Trinajstić information content (AvgIpc) is 3.36. The van der Waals surface area contributed by atoms with E-state index >= 15 is 0 Å². The third kappa shape index (κ3) is 3.01. The molecule has 7 heteroatoms. The van der Waals surface area contributed by atoms with Gasteiger partial charge in [0, 0.05) is 18.3 Å². The van der Waals surface area contributed by atoms with Crippen molar-refractivity contribution in [3.05, 3.63) is 53.6 Å². The standard InChI is InChI=1S/C23H23N3O4/c1-14-11-15-5-2-3-6-18(15)26(14)21(27)13-30-23(29)16-8-9-19-17(12-16)24-22(28)20-7-4-10-25(19)20/h2-3,5-6,8-9,12,14,20H,4,7,10-11,13H2,1H3,(H,24,28)/t14-,20-/m0/s1. The SMILES string of the molecule is C[C@H]1Cc2ccccc2N1C(=O)COC(=O)c1ccc2c(c1)NC(=O)[C@@H]1CCCN21. The fourth-order valence-electron chi connectivity index (χ4n) is 4.78. The van der Waals surface area contributed by atoms with Crippen LogP contribution in [0.5, 0.6) is 0 Å². The molecule has 2 aromatic rings. The molecule has 3 aliphatic rings. The molecule has 2 amide bonds. The van der Waals surface area contributed by atoms with Gasteiger partial charge in [-0.25, -0.2) is 4.79 Å². The van der Waals surface area contributed by atoms with Gasteiger partial charge in [0.25, 0.3) is 5.91 Å². The molecule has 1 N–H and O–H groups in total. The van der Waals surface area contributed by atoms with Gasteiger partial charge in [-0.3, -0.25) is 9.59 Å². The molecule has 0 aliphatic carbocycles. The first-order valence-electron chi connectivity index (χ1n) is 10.3. The van der Waals surface area contributed by atoms with E-state index in [-0.39, 0.29) is 30.5 Å². The Morgan fingerprint density at radius 1 is 1.17 bits per heavy atom. The van der Waals surface area contributed by atoms with Gasteiger partial charge in [-0.2, -0.15) is 0 Å². The summed E-state index contributed by atoms with van der Waals surface area (Å²) in [4.78, 5) is 41.4. The molecule has 0 saturated carbocycles. The Labute approximate surface area is 174 Å². The molecule has 154 valence electrons. The molecule has 0 spiro atoms. The number of nitrogens with zero attached hydrogens (tertiary/aromatic N) is 2. The van der Waals surface area contributed by atoms with E-state index in [0.29, 0.717) is 11.3 Å². The molecular formula is C23H23N3O4. The number of carbonyl (C=O) groups excluding carboxylic acids is 3. The zero-order chi connectivity index (χ0) is 20.8. The van der Waals surface area contributed by atoms with E-state index in [9.17, 15) is 14.4 Å². The summed E-state index contributed by atoms with van der Waals surface area (Å²) < 4.78 is 5.31. The smallest absolute Gasteiger partial charge is 0.338 e. The average molecular weight is 405 g/mol. The molecule has 30 heavy (non-hydrogen) atoms. The minimum atomic E-state index is -0.580. The summed E-state index contributed by atoms with van der Waals surface area (Å²) in [7, 11) is 0. The van der Waals surface area contributed by atoms with E-state index in [1.54, 1.807) is 17.0 Å². The van der Waals surface area contributed by atoms with Crippen molar-refractivity contribution >= 4 is 34.8 Å². The van der Waals surface area contributed by atoms with Crippen LogP contribution in [0.15, 0.2) is 42.5 Å². The number of nitrogens with one attached hydrogen (secondary N) is 1. The zero-order valence-electron chi connectivity index (χ0n) is 16.8. The minimum absolute atomic E-state index is 0.0287. The second-order valence-electron chi connectivity index (χ2n) is 8.09. The van der Waals surface area contributed by atoms with E-state index in [2.05, 4.69) is 10.2 Å². The van der Waals surface area contributed by atoms with Gasteiger partial charge in [-0.05, 0) is 56.0 Å². The molecule has 5 rings (SSSR count). The number of rotatable bonds is 3. The van der Waals surface area contributed by atoms with Crippen molar-refractivity contribution in [1.29, 1.82) is 0 Å². The Morgan fingerprint density at radius 2 is 2.00 bits per heavy atom. The van der Waals surface area contributed by atoms with Crippen molar-refractivity contribution in [2.75, 3.05) is 28.3 Å². The summed E-state index contributed by atoms with van der Waals surface area (Å²) in [5.74, 6) is -0.863. The van der Waals surface area contributed by atoms with Crippen LogP contribution in [-0.2, 0) is 20.7 Å². The van der Waals surface area contributed by atoms with E-state index in [0.717, 1.165) is 42.7 Å². The van der Waals surface area contributed by atoms with Crippen molar-refractivity contribution in [2.24, 2.45) is 0 Å². The molecule has 0 unspecified atom stereocenters. The lowest BCUT2D eigenvalue weighted by atomic mass is 10.1. The first-order valence-corrected chi connectivity index (χ1v) is 10.3. The summed E-state index contributed by atoms with van der Waals surface area (Å²) in [5.41, 5.74) is 3.85. The Balaban J connectivity index is 1.28. The highest BCUT2D eigenvalue weighted by Crippen LogP contribution is 2.37. The molecule has 2 aromatic carbocycles. The van der Waals surface area contributed by atoms with Gasteiger partial charge in [-0.15, -0.1) is 0 Å². The van der Waals surface area contributed by atoms with Crippen molar-refractivity contribution in [2.45, 2.75) is 38.3 Å². The van der Waals surface area contributed by atoms with E-state index < -0.39 is 5.97 Å². The van der Waals surface area contributed by atoms with Crippen LogP contribution in [0.3, 0.4) is 0 Å². The van der Waals surface area contributed by atoms with Crippen molar-refractivity contribution < 1.29 is 19.1 Å². The number of hydrogen-bond acceptors (Lipinski definition) is 5. The lowest BCUT2D eigenvalue weighted by molar-refractivity contribution is -0.122. The molecule has 0 bridgehead atoms. The largest absolute Gasteiger partial charge is 0.452 e. The molecule has 1 saturated heterocycles. The van der Waals surface area contributed by atoms with Crippen LogP contribution in [0.2, 0.25) is 0 Å².